The zero-order valence-electron chi connectivity index (χ0n) is 14.1. The fourth-order valence-electron chi connectivity index (χ4n) is 5.38. The molecule has 8 atom stereocenters. The van der Waals surface area contributed by atoms with E-state index in [0.717, 1.165) is 5.57 Å². The van der Waals surface area contributed by atoms with Gasteiger partial charge in [-0.25, -0.2) is 0 Å². The van der Waals surface area contributed by atoms with Crippen molar-refractivity contribution in [1.29, 1.82) is 0 Å². The smallest absolute Gasteiger partial charge is 0.303 e. The summed E-state index contributed by atoms with van der Waals surface area (Å²) in [4.78, 5) is 11.4. The van der Waals surface area contributed by atoms with E-state index in [9.17, 15) is 20.1 Å². The van der Waals surface area contributed by atoms with E-state index in [0.29, 0.717) is 13.0 Å². The fourth-order valence-corrected chi connectivity index (χ4v) is 5.38. The van der Waals surface area contributed by atoms with Gasteiger partial charge in [0.2, 0.25) is 0 Å². The first kappa shape index (κ1) is 16.5. The number of fused-ring (bicyclic) bond motifs is 2. The van der Waals surface area contributed by atoms with Gasteiger partial charge in [0.25, 0.3) is 0 Å². The summed E-state index contributed by atoms with van der Waals surface area (Å²) >= 11 is 0. The first-order valence-corrected chi connectivity index (χ1v) is 8.35. The van der Waals surface area contributed by atoms with E-state index in [2.05, 4.69) is 0 Å². The quantitative estimate of drug-likeness (QED) is 0.354. The largest absolute Gasteiger partial charge is 0.458 e. The monoisotopic (exact) mass is 340 g/mol. The van der Waals surface area contributed by atoms with Gasteiger partial charge in [-0.05, 0) is 18.9 Å². The molecule has 2 heterocycles. The van der Waals surface area contributed by atoms with Crippen molar-refractivity contribution in [2.75, 3.05) is 13.2 Å². The fraction of sp³-hybridized carbons (Fsp3) is 0.824. The summed E-state index contributed by atoms with van der Waals surface area (Å²) in [7, 11) is 0. The van der Waals surface area contributed by atoms with E-state index in [1.54, 1.807) is 0 Å². The van der Waals surface area contributed by atoms with Crippen molar-refractivity contribution in [3.05, 3.63) is 11.6 Å². The van der Waals surface area contributed by atoms with E-state index in [-0.39, 0.29) is 6.61 Å². The number of hydrogen-bond donors (Lipinski definition) is 3. The molecule has 4 aliphatic rings. The molecule has 0 aromatic heterocycles. The lowest BCUT2D eigenvalue weighted by molar-refractivity contribution is -0.235. The second kappa shape index (κ2) is 4.80. The Balaban J connectivity index is 1.84. The van der Waals surface area contributed by atoms with E-state index < -0.39 is 52.9 Å². The Morgan fingerprint density at radius 2 is 2.12 bits per heavy atom. The standard InChI is InChI=1S/C17H24O7/c1-8-4-11-16(6-18,5-10(8)23-9(2)19)15(3)13(21)12(20)14(24-11)17(15)7-22-17/h4,10-14,18,20-21H,5-7H2,1-3H3/t10-,11+,12+,13+,14+,15+,16+,17-/m0/s1. The highest BCUT2D eigenvalue weighted by atomic mass is 16.6. The highest BCUT2D eigenvalue weighted by molar-refractivity contribution is 5.66. The average molecular weight is 340 g/mol. The highest BCUT2D eigenvalue weighted by Crippen LogP contribution is 2.71. The van der Waals surface area contributed by atoms with Gasteiger partial charge in [0.15, 0.2) is 0 Å². The first-order valence-electron chi connectivity index (χ1n) is 8.35. The molecule has 2 aliphatic heterocycles. The Morgan fingerprint density at radius 3 is 2.67 bits per heavy atom. The molecular formula is C17H24O7. The molecule has 0 radical (unpaired) electrons. The van der Waals surface area contributed by atoms with E-state index >= 15 is 0 Å². The van der Waals surface area contributed by atoms with Gasteiger partial charge in [0.1, 0.15) is 23.9 Å². The van der Waals surface area contributed by atoms with Gasteiger partial charge in [-0.15, -0.1) is 0 Å². The molecule has 0 aromatic carbocycles. The molecular weight excluding hydrogens is 316 g/mol. The second-order valence-electron chi connectivity index (χ2n) is 7.82. The third kappa shape index (κ3) is 1.62. The number of aliphatic hydroxyl groups is 3. The Labute approximate surface area is 140 Å². The van der Waals surface area contributed by atoms with Crippen LogP contribution in [0.25, 0.3) is 0 Å². The first-order chi connectivity index (χ1) is 11.2. The molecule has 0 unspecified atom stereocenters. The zero-order chi connectivity index (χ0) is 17.5. The van der Waals surface area contributed by atoms with Gasteiger partial charge in [-0.1, -0.05) is 13.0 Å². The lowest BCUT2D eigenvalue weighted by Crippen LogP contribution is -2.67. The maximum Gasteiger partial charge on any atom is 0.303 e. The predicted octanol–water partition coefficient (Wildman–Crippen LogP) is -0.475. The Morgan fingerprint density at radius 1 is 1.46 bits per heavy atom. The van der Waals surface area contributed by atoms with Gasteiger partial charge >= 0.3 is 5.97 Å². The van der Waals surface area contributed by atoms with Gasteiger partial charge < -0.3 is 29.5 Å². The molecule has 4 rings (SSSR count). The molecule has 7 heteroatoms. The van der Waals surface area contributed by atoms with E-state index in [4.69, 9.17) is 14.2 Å². The minimum absolute atomic E-state index is 0.267. The number of esters is 1. The Hall–Kier alpha value is -0.990. The van der Waals surface area contributed by atoms with Gasteiger partial charge in [0.05, 0.1) is 25.4 Å². The molecule has 0 amide bonds. The SMILES string of the molecule is CC(=O)O[C@H]1C[C@@]2(CO)[C@@H](C=C1C)O[C@@H]1[C@H](O)[C@@H](O)[C@@]2(C)[C@]12CO2. The predicted molar refractivity (Wildman–Crippen MR) is 80.9 cm³/mol. The van der Waals surface area contributed by atoms with E-state index in [1.807, 2.05) is 19.9 Å². The van der Waals surface area contributed by atoms with Crippen LogP contribution in [0.4, 0.5) is 0 Å². The van der Waals surface area contributed by atoms with Crippen LogP contribution in [0.15, 0.2) is 11.6 Å². The number of carbonyl (C=O) groups excluding carboxylic acids is 1. The van der Waals surface area contributed by atoms with Crippen LogP contribution in [0.1, 0.15) is 27.2 Å². The van der Waals surface area contributed by atoms with Crippen molar-refractivity contribution in [1.82, 2.24) is 0 Å². The molecule has 1 spiro atoms. The van der Waals surface area contributed by atoms with Crippen molar-refractivity contribution < 1.29 is 34.3 Å². The Bertz CT molecular complexity index is 612. The molecule has 3 N–H and O–H groups in total. The topological polar surface area (TPSA) is 109 Å². The normalized spacial score (nSPS) is 55.1. The molecule has 2 aliphatic carbocycles. The van der Waals surface area contributed by atoms with Gasteiger partial charge in [-0.2, -0.15) is 0 Å². The van der Waals surface area contributed by atoms with Crippen LogP contribution in [-0.4, -0.2) is 70.6 Å². The van der Waals surface area contributed by atoms with Crippen molar-refractivity contribution in [2.24, 2.45) is 10.8 Å². The summed E-state index contributed by atoms with van der Waals surface area (Å²) in [6, 6.07) is 0. The van der Waals surface area contributed by atoms with Crippen LogP contribution in [0.3, 0.4) is 0 Å². The summed E-state index contributed by atoms with van der Waals surface area (Å²) in [6.07, 6.45) is -1.61. The summed E-state index contributed by atoms with van der Waals surface area (Å²) in [5, 5.41) is 31.7. The maximum atomic E-state index is 11.4. The van der Waals surface area contributed by atoms with Crippen LogP contribution in [0.5, 0.6) is 0 Å². The van der Waals surface area contributed by atoms with Crippen molar-refractivity contribution in [3.8, 4) is 0 Å². The number of carbonyl (C=O) groups is 1. The van der Waals surface area contributed by atoms with Gasteiger partial charge in [-0.3, -0.25) is 4.79 Å². The van der Waals surface area contributed by atoms with Crippen LogP contribution < -0.4 is 0 Å². The van der Waals surface area contributed by atoms with Crippen molar-refractivity contribution in [2.45, 2.75) is 63.3 Å². The number of epoxide rings is 1. The molecule has 3 fully saturated rings. The summed E-state index contributed by atoms with van der Waals surface area (Å²) in [6.45, 7) is 5.15. The molecule has 134 valence electrons. The van der Waals surface area contributed by atoms with Crippen LogP contribution in [0, 0.1) is 10.8 Å². The molecule has 24 heavy (non-hydrogen) atoms. The number of rotatable bonds is 2. The molecule has 2 saturated heterocycles. The Kier molecular flexibility index (Phi) is 3.29. The third-order valence-electron chi connectivity index (χ3n) is 6.95. The van der Waals surface area contributed by atoms with Crippen LogP contribution >= 0.6 is 0 Å². The molecule has 0 aromatic rings. The lowest BCUT2D eigenvalue weighted by atomic mass is 9.51. The molecule has 7 nitrogen and oxygen atoms in total. The van der Waals surface area contributed by atoms with Gasteiger partial charge in [0, 0.05) is 17.8 Å². The van der Waals surface area contributed by atoms with Crippen LogP contribution in [-0.2, 0) is 19.0 Å². The van der Waals surface area contributed by atoms with Crippen molar-refractivity contribution in [3.63, 3.8) is 0 Å². The van der Waals surface area contributed by atoms with Crippen LogP contribution in [0.2, 0.25) is 0 Å². The zero-order valence-corrected chi connectivity index (χ0v) is 14.1. The third-order valence-corrected chi connectivity index (χ3v) is 6.95. The highest BCUT2D eigenvalue weighted by Gasteiger charge is 2.84. The minimum atomic E-state index is -1.09. The van der Waals surface area contributed by atoms with E-state index in [1.165, 1.54) is 6.92 Å². The number of aliphatic hydroxyl groups excluding tert-OH is 3. The summed E-state index contributed by atoms with van der Waals surface area (Å²) < 4.78 is 17.2. The minimum Gasteiger partial charge on any atom is -0.458 e. The average Bonchev–Trinajstić information content (AvgIpc) is 3.31. The maximum absolute atomic E-state index is 11.4. The molecule has 2 bridgehead atoms. The summed E-state index contributed by atoms with van der Waals surface area (Å²) in [5.74, 6) is -0.400. The second-order valence-corrected chi connectivity index (χ2v) is 7.82. The molecule has 1 saturated carbocycles. The number of hydrogen-bond acceptors (Lipinski definition) is 7. The number of ether oxygens (including phenoxy) is 3. The summed E-state index contributed by atoms with van der Waals surface area (Å²) in [5.41, 5.74) is -1.77. The lowest BCUT2D eigenvalue weighted by Gasteiger charge is -2.58. The van der Waals surface area contributed by atoms with Crippen molar-refractivity contribution >= 4 is 5.97 Å².